The van der Waals surface area contributed by atoms with E-state index in [1.165, 1.54) is 5.56 Å². The van der Waals surface area contributed by atoms with Crippen molar-refractivity contribution >= 4 is 10.0 Å². The maximum absolute atomic E-state index is 12.5. The molecule has 0 aliphatic carbocycles. The van der Waals surface area contributed by atoms with E-state index in [-0.39, 0.29) is 10.9 Å². The molecule has 28 heavy (non-hydrogen) atoms. The molecule has 0 aliphatic heterocycles. The molecule has 2 rings (SSSR count). The maximum atomic E-state index is 12.5. The van der Waals surface area contributed by atoms with Crippen LogP contribution in [0.4, 0.5) is 0 Å². The molecule has 1 N–H and O–H groups in total. The van der Waals surface area contributed by atoms with Gasteiger partial charge in [-0.3, -0.25) is 0 Å². The topological polar surface area (TPSA) is 55.4 Å². The van der Waals surface area contributed by atoms with E-state index >= 15 is 0 Å². The van der Waals surface area contributed by atoms with Crippen molar-refractivity contribution in [2.75, 3.05) is 6.61 Å². The first kappa shape index (κ1) is 22.2. The first-order chi connectivity index (χ1) is 13.5. The summed E-state index contributed by atoms with van der Waals surface area (Å²) >= 11 is 0. The number of aryl methyl sites for hydroxylation is 1. The summed E-state index contributed by atoms with van der Waals surface area (Å²) in [6, 6.07) is 16.7. The van der Waals surface area contributed by atoms with Gasteiger partial charge in [0.25, 0.3) is 0 Å². The molecular formula is C23H29NO3S. The molecule has 0 spiro atoms. The van der Waals surface area contributed by atoms with Crippen LogP contribution >= 0.6 is 0 Å². The lowest BCUT2D eigenvalue weighted by atomic mass is 10.1. The Bertz CT molecular complexity index is 840. The van der Waals surface area contributed by atoms with Crippen LogP contribution in [0, 0.1) is 19.3 Å². The van der Waals surface area contributed by atoms with E-state index in [9.17, 15) is 8.42 Å². The van der Waals surface area contributed by atoms with Crippen LogP contribution in [-0.2, 0) is 21.4 Å². The Balaban J connectivity index is 1.70. The van der Waals surface area contributed by atoms with Gasteiger partial charge in [0.15, 0.2) is 0 Å². The number of rotatable bonds is 12. The number of terminal acetylenes is 1. The van der Waals surface area contributed by atoms with Gasteiger partial charge in [-0.1, -0.05) is 60.9 Å². The molecule has 1 atom stereocenters. The summed E-state index contributed by atoms with van der Waals surface area (Å²) in [6.45, 7) is 3.25. The Hall–Kier alpha value is -2.13. The highest BCUT2D eigenvalue weighted by atomic mass is 32.2. The monoisotopic (exact) mass is 399 g/mol. The molecule has 0 bridgehead atoms. The minimum atomic E-state index is -3.55. The lowest BCUT2D eigenvalue weighted by Crippen LogP contribution is -2.34. The van der Waals surface area contributed by atoms with Gasteiger partial charge in [0, 0.05) is 19.1 Å². The van der Waals surface area contributed by atoms with Crippen LogP contribution in [0.5, 0.6) is 0 Å². The summed E-state index contributed by atoms with van der Waals surface area (Å²) < 4.78 is 33.5. The number of unbranched alkanes of at least 4 members (excludes halogenated alkanes) is 2. The molecule has 0 aliphatic rings. The Morgan fingerprint density at radius 3 is 2.43 bits per heavy atom. The van der Waals surface area contributed by atoms with Crippen LogP contribution in [0.1, 0.15) is 43.2 Å². The highest BCUT2D eigenvalue weighted by molar-refractivity contribution is 7.89. The van der Waals surface area contributed by atoms with E-state index in [2.05, 4.69) is 10.6 Å². The Kier molecular flexibility index (Phi) is 9.22. The fourth-order valence-corrected chi connectivity index (χ4v) is 4.16. The molecular weight excluding hydrogens is 370 g/mol. The number of hydrogen-bond acceptors (Lipinski definition) is 3. The second kappa shape index (κ2) is 11.7. The summed E-state index contributed by atoms with van der Waals surface area (Å²) in [5.41, 5.74) is 2.19. The zero-order chi connectivity index (χ0) is 20.2. The third kappa shape index (κ3) is 7.85. The molecule has 0 amide bonds. The molecule has 0 saturated carbocycles. The molecule has 150 valence electrons. The minimum Gasteiger partial charge on any atom is -0.377 e. The van der Waals surface area contributed by atoms with E-state index in [1.807, 2.05) is 37.3 Å². The van der Waals surface area contributed by atoms with Crippen molar-refractivity contribution in [3.63, 3.8) is 0 Å². The molecule has 2 aromatic rings. The van der Waals surface area contributed by atoms with E-state index < -0.39 is 10.0 Å². The van der Waals surface area contributed by atoms with Gasteiger partial charge >= 0.3 is 0 Å². The Morgan fingerprint density at radius 2 is 1.75 bits per heavy atom. The third-order valence-electron chi connectivity index (χ3n) is 4.47. The predicted molar refractivity (Wildman–Crippen MR) is 113 cm³/mol. The smallest absolute Gasteiger partial charge is 0.240 e. The molecule has 2 aromatic carbocycles. The van der Waals surface area contributed by atoms with Crippen molar-refractivity contribution in [3.05, 3.63) is 65.7 Å². The van der Waals surface area contributed by atoms with E-state index in [0.29, 0.717) is 26.1 Å². The molecule has 4 nitrogen and oxygen atoms in total. The van der Waals surface area contributed by atoms with Crippen LogP contribution in [0.3, 0.4) is 0 Å². The summed E-state index contributed by atoms with van der Waals surface area (Å²) in [7, 11) is -3.55. The lowest BCUT2D eigenvalue weighted by molar-refractivity contribution is 0.116. The minimum absolute atomic E-state index is 0.249. The van der Waals surface area contributed by atoms with E-state index in [0.717, 1.165) is 24.8 Å². The predicted octanol–water partition coefficient (Wildman–Crippen LogP) is 4.44. The van der Waals surface area contributed by atoms with Gasteiger partial charge in [-0.15, -0.1) is 12.3 Å². The van der Waals surface area contributed by atoms with Gasteiger partial charge in [0.2, 0.25) is 10.0 Å². The average molecular weight is 400 g/mol. The Labute approximate surface area is 169 Å². The second-order valence-electron chi connectivity index (χ2n) is 6.93. The number of hydrogen-bond donors (Lipinski definition) is 1. The number of sulfonamides is 1. The van der Waals surface area contributed by atoms with Crippen LogP contribution in [0.2, 0.25) is 0 Å². The van der Waals surface area contributed by atoms with E-state index in [1.54, 1.807) is 24.3 Å². The number of nitrogens with one attached hydrogen (secondary N) is 1. The van der Waals surface area contributed by atoms with Crippen molar-refractivity contribution in [1.29, 1.82) is 0 Å². The van der Waals surface area contributed by atoms with Gasteiger partial charge in [0.1, 0.15) is 0 Å². The molecule has 0 unspecified atom stereocenters. The lowest BCUT2D eigenvalue weighted by Gasteiger charge is -2.17. The first-order valence-electron chi connectivity index (χ1n) is 9.65. The summed E-state index contributed by atoms with van der Waals surface area (Å²) in [5.74, 6) is 2.58. The van der Waals surface area contributed by atoms with Crippen molar-refractivity contribution in [1.82, 2.24) is 4.72 Å². The van der Waals surface area contributed by atoms with Gasteiger partial charge in [-0.2, -0.15) is 0 Å². The fourth-order valence-electron chi connectivity index (χ4n) is 2.89. The zero-order valence-corrected chi connectivity index (χ0v) is 17.3. The third-order valence-corrected chi connectivity index (χ3v) is 6.01. The second-order valence-corrected chi connectivity index (χ2v) is 8.64. The SMILES string of the molecule is C#CC[C@@H](CCCCCOCc1ccccc1)NS(=O)(=O)c1ccc(C)cc1. The van der Waals surface area contributed by atoms with Crippen molar-refractivity contribution in [2.45, 2.75) is 56.6 Å². The van der Waals surface area contributed by atoms with Crippen LogP contribution in [0.15, 0.2) is 59.5 Å². The summed E-state index contributed by atoms with van der Waals surface area (Å²) in [6.07, 6.45) is 9.35. The van der Waals surface area contributed by atoms with Crippen molar-refractivity contribution in [3.8, 4) is 12.3 Å². The molecule has 0 aromatic heterocycles. The maximum Gasteiger partial charge on any atom is 0.240 e. The quantitative estimate of drug-likeness (QED) is 0.424. The Morgan fingerprint density at radius 1 is 1.04 bits per heavy atom. The largest absolute Gasteiger partial charge is 0.377 e. The molecule has 0 fully saturated rings. The van der Waals surface area contributed by atoms with Crippen LogP contribution in [0.25, 0.3) is 0 Å². The summed E-state index contributed by atoms with van der Waals surface area (Å²) in [4.78, 5) is 0.273. The van der Waals surface area contributed by atoms with Crippen molar-refractivity contribution in [2.24, 2.45) is 0 Å². The fraction of sp³-hybridized carbons (Fsp3) is 0.391. The summed E-state index contributed by atoms with van der Waals surface area (Å²) in [5, 5.41) is 0. The molecule has 0 heterocycles. The van der Waals surface area contributed by atoms with Crippen LogP contribution in [-0.4, -0.2) is 21.1 Å². The van der Waals surface area contributed by atoms with E-state index in [4.69, 9.17) is 11.2 Å². The highest BCUT2D eigenvalue weighted by Gasteiger charge is 2.19. The molecule has 0 radical (unpaired) electrons. The molecule has 5 heteroatoms. The first-order valence-corrected chi connectivity index (χ1v) is 11.1. The van der Waals surface area contributed by atoms with Gasteiger partial charge in [-0.25, -0.2) is 13.1 Å². The zero-order valence-electron chi connectivity index (χ0n) is 16.4. The van der Waals surface area contributed by atoms with Crippen LogP contribution < -0.4 is 4.72 Å². The normalized spacial score (nSPS) is 12.4. The van der Waals surface area contributed by atoms with Gasteiger partial charge in [0.05, 0.1) is 11.5 Å². The van der Waals surface area contributed by atoms with Gasteiger partial charge in [-0.05, 0) is 37.5 Å². The molecule has 0 saturated heterocycles. The standard InChI is InChI=1S/C23H29NO3S/c1-3-10-22(24-28(25,26)23-16-14-20(2)15-17-23)13-8-5-9-18-27-19-21-11-6-4-7-12-21/h1,4,6-7,11-12,14-17,22,24H,5,8-10,13,18-19H2,2H3/t22-/m0/s1. The number of ether oxygens (including phenoxy) is 1. The van der Waals surface area contributed by atoms with Gasteiger partial charge < -0.3 is 4.74 Å². The highest BCUT2D eigenvalue weighted by Crippen LogP contribution is 2.14. The average Bonchev–Trinajstić information content (AvgIpc) is 2.68. The number of benzene rings is 2. The van der Waals surface area contributed by atoms with Crippen molar-refractivity contribution < 1.29 is 13.2 Å².